The molecule has 3 nitrogen and oxygen atoms in total. The highest BCUT2D eigenvalue weighted by atomic mass is 19.4. The molecule has 0 aromatic heterocycles. The van der Waals surface area contributed by atoms with E-state index < -0.39 is 17.3 Å². The van der Waals surface area contributed by atoms with Gasteiger partial charge >= 0.3 is 6.18 Å². The van der Waals surface area contributed by atoms with E-state index in [4.69, 9.17) is 5.73 Å². The van der Waals surface area contributed by atoms with E-state index in [1.807, 2.05) is 0 Å². The molecule has 0 aliphatic rings. The summed E-state index contributed by atoms with van der Waals surface area (Å²) in [5.41, 5.74) is 3.52. The number of aliphatic hydroxyl groups is 1. The second kappa shape index (κ2) is 4.68. The van der Waals surface area contributed by atoms with Crippen molar-refractivity contribution >= 4 is 11.4 Å². The summed E-state index contributed by atoms with van der Waals surface area (Å²) in [4.78, 5) is 1.55. The van der Waals surface area contributed by atoms with E-state index in [1.165, 1.54) is 12.1 Å². The van der Waals surface area contributed by atoms with Crippen LogP contribution in [0.1, 0.15) is 19.4 Å². The predicted molar refractivity (Wildman–Crippen MR) is 65.4 cm³/mol. The van der Waals surface area contributed by atoms with Crippen molar-refractivity contribution < 1.29 is 18.3 Å². The van der Waals surface area contributed by atoms with Crippen molar-refractivity contribution in [1.29, 1.82) is 0 Å². The lowest BCUT2D eigenvalue weighted by molar-refractivity contribution is -0.136. The number of rotatable bonds is 3. The lowest BCUT2D eigenvalue weighted by atomic mass is 10.1. The third-order valence-electron chi connectivity index (χ3n) is 2.41. The molecule has 18 heavy (non-hydrogen) atoms. The molecule has 0 atom stereocenters. The number of benzene rings is 1. The number of anilines is 2. The summed E-state index contributed by atoms with van der Waals surface area (Å²) < 4.78 is 38.0. The molecule has 0 unspecified atom stereocenters. The fourth-order valence-corrected chi connectivity index (χ4v) is 1.70. The summed E-state index contributed by atoms with van der Waals surface area (Å²) in [6.07, 6.45) is -4.48. The minimum atomic E-state index is -4.48. The molecular formula is C12H17F3N2O. The fourth-order valence-electron chi connectivity index (χ4n) is 1.70. The zero-order valence-electron chi connectivity index (χ0n) is 10.5. The molecule has 0 fully saturated rings. The SMILES string of the molecule is CN(CC(C)(C)O)c1ccc(N)c(C(F)(F)F)c1. The van der Waals surface area contributed by atoms with Gasteiger partial charge < -0.3 is 15.7 Å². The summed E-state index contributed by atoms with van der Waals surface area (Å²) in [6, 6.07) is 3.70. The van der Waals surface area contributed by atoms with Crippen LogP contribution < -0.4 is 10.6 Å². The maximum atomic E-state index is 12.7. The average molecular weight is 262 g/mol. The summed E-state index contributed by atoms with van der Waals surface area (Å²) >= 11 is 0. The zero-order valence-corrected chi connectivity index (χ0v) is 10.5. The molecule has 0 saturated heterocycles. The van der Waals surface area contributed by atoms with Gasteiger partial charge in [0.1, 0.15) is 0 Å². The van der Waals surface area contributed by atoms with Gasteiger partial charge in [-0.25, -0.2) is 0 Å². The highest BCUT2D eigenvalue weighted by Gasteiger charge is 2.33. The van der Waals surface area contributed by atoms with Crippen molar-refractivity contribution in [2.75, 3.05) is 24.2 Å². The van der Waals surface area contributed by atoms with E-state index in [9.17, 15) is 18.3 Å². The van der Waals surface area contributed by atoms with Gasteiger partial charge in [-0.15, -0.1) is 0 Å². The minimum absolute atomic E-state index is 0.216. The Morgan fingerprint density at radius 3 is 2.28 bits per heavy atom. The van der Waals surface area contributed by atoms with Gasteiger partial charge in [0, 0.05) is 25.0 Å². The van der Waals surface area contributed by atoms with E-state index in [-0.39, 0.29) is 12.2 Å². The molecule has 0 radical (unpaired) electrons. The summed E-state index contributed by atoms with van der Waals surface area (Å²) in [6.45, 7) is 3.39. The molecule has 0 bridgehead atoms. The molecule has 0 amide bonds. The lowest BCUT2D eigenvalue weighted by Crippen LogP contribution is -2.36. The van der Waals surface area contributed by atoms with Crippen LogP contribution in [0.3, 0.4) is 0 Å². The van der Waals surface area contributed by atoms with Crippen LogP contribution in [0.15, 0.2) is 18.2 Å². The van der Waals surface area contributed by atoms with Gasteiger partial charge in [0.15, 0.2) is 0 Å². The highest BCUT2D eigenvalue weighted by molar-refractivity contribution is 5.59. The van der Waals surface area contributed by atoms with Crippen LogP contribution in [0.25, 0.3) is 0 Å². The van der Waals surface area contributed by atoms with Crippen LogP contribution >= 0.6 is 0 Å². The maximum Gasteiger partial charge on any atom is 0.418 e. The van der Waals surface area contributed by atoms with Crippen molar-refractivity contribution in [3.8, 4) is 0 Å². The third-order valence-corrected chi connectivity index (χ3v) is 2.41. The van der Waals surface area contributed by atoms with Crippen LogP contribution in [0.4, 0.5) is 24.5 Å². The number of nitrogens with two attached hydrogens (primary N) is 1. The summed E-state index contributed by atoms with van der Waals surface area (Å²) in [7, 11) is 1.61. The second-order valence-corrected chi connectivity index (χ2v) is 4.94. The maximum absolute atomic E-state index is 12.7. The van der Waals surface area contributed by atoms with Crippen molar-refractivity contribution in [2.24, 2.45) is 0 Å². The van der Waals surface area contributed by atoms with Crippen LogP contribution in [0.5, 0.6) is 0 Å². The Kier molecular flexibility index (Phi) is 3.81. The topological polar surface area (TPSA) is 49.5 Å². The summed E-state index contributed by atoms with van der Waals surface area (Å²) in [5.74, 6) is 0. The molecule has 3 N–H and O–H groups in total. The predicted octanol–water partition coefficient (Wildman–Crippen LogP) is 2.49. The van der Waals surface area contributed by atoms with E-state index in [0.717, 1.165) is 6.07 Å². The van der Waals surface area contributed by atoms with Crippen LogP contribution in [-0.2, 0) is 6.18 Å². The standard InChI is InChI=1S/C12H17F3N2O/c1-11(2,18)7-17(3)8-4-5-10(16)9(6-8)12(13,14)15/h4-6,18H,7,16H2,1-3H3. The van der Waals surface area contributed by atoms with E-state index >= 15 is 0 Å². The van der Waals surface area contributed by atoms with Crippen LogP contribution in [0, 0.1) is 0 Å². The van der Waals surface area contributed by atoms with Gasteiger partial charge in [-0.1, -0.05) is 0 Å². The molecule has 1 aromatic rings. The average Bonchev–Trinajstić information content (AvgIpc) is 2.13. The van der Waals surface area contributed by atoms with Crippen LogP contribution in [-0.4, -0.2) is 24.3 Å². The third kappa shape index (κ3) is 3.80. The summed E-state index contributed by atoms with van der Waals surface area (Å²) in [5, 5.41) is 9.64. The first kappa shape index (κ1) is 14.6. The molecule has 0 heterocycles. The van der Waals surface area contributed by atoms with Gasteiger partial charge in [-0.2, -0.15) is 13.2 Å². The number of hydrogen-bond donors (Lipinski definition) is 2. The van der Waals surface area contributed by atoms with E-state index in [2.05, 4.69) is 0 Å². The molecular weight excluding hydrogens is 245 g/mol. The number of hydrogen-bond acceptors (Lipinski definition) is 3. The zero-order chi connectivity index (χ0) is 14.1. The first-order valence-electron chi connectivity index (χ1n) is 5.41. The van der Waals surface area contributed by atoms with Gasteiger partial charge in [0.2, 0.25) is 0 Å². The molecule has 1 rings (SSSR count). The monoisotopic (exact) mass is 262 g/mol. The Balaban J connectivity index is 3.06. The number of alkyl halides is 3. The molecule has 6 heteroatoms. The molecule has 0 saturated carbocycles. The molecule has 0 aliphatic heterocycles. The fraction of sp³-hybridized carbons (Fsp3) is 0.500. The Morgan fingerprint density at radius 2 is 1.83 bits per heavy atom. The van der Waals surface area contributed by atoms with Crippen LogP contribution in [0.2, 0.25) is 0 Å². The molecule has 1 aromatic carbocycles. The molecule has 0 aliphatic carbocycles. The van der Waals surface area contributed by atoms with Gasteiger partial charge in [0.25, 0.3) is 0 Å². The number of likely N-dealkylation sites (N-methyl/N-ethyl adjacent to an activating group) is 1. The normalized spacial score (nSPS) is 12.6. The molecule has 102 valence electrons. The first-order valence-corrected chi connectivity index (χ1v) is 5.41. The van der Waals surface area contributed by atoms with E-state index in [1.54, 1.807) is 25.8 Å². The Hall–Kier alpha value is -1.43. The quantitative estimate of drug-likeness (QED) is 0.823. The Morgan fingerprint density at radius 1 is 1.28 bits per heavy atom. The number of nitrogens with zero attached hydrogens (tertiary/aromatic N) is 1. The van der Waals surface area contributed by atoms with Gasteiger partial charge in [-0.3, -0.25) is 0 Å². The molecule has 0 spiro atoms. The largest absolute Gasteiger partial charge is 0.418 e. The van der Waals surface area contributed by atoms with E-state index in [0.29, 0.717) is 5.69 Å². The Bertz CT molecular complexity index is 424. The van der Waals surface area contributed by atoms with Crippen molar-refractivity contribution in [1.82, 2.24) is 0 Å². The second-order valence-electron chi connectivity index (χ2n) is 4.94. The number of nitrogen functional groups attached to an aromatic ring is 1. The van der Waals surface area contributed by atoms with Gasteiger partial charge in [0.05, 0.1) is 11.2 Å². The smallest absolute Gasteiger partial charge is 0.398 e. The van der Waals surface area contributed by atoms with Crippen molar-refractivity contribution in [2.45, 2.75) is 25.6 Å². The van der Waals surface area contributed by atoms with Gasteiger partial charge in [-0.05, 0) is 32.0 Å². The highest BCUT2D eigenvalue weighted by Crippen LogP contribution is 2.35. The Labute approximate surface area is 104 Å². The lowest BCUT2D eigenvalue weighted by Gasteiger charge is -2.28. The minimum Gasteiger partial charge on any atom is -0.398 e. The van der Waals surface area contributed by atoms with Crippen molar-refractivity contribution in [3.63, 3.8) is 0 Å². The first-order chi connectivity index (χ1) is 8.00. The van der Waals surface area contributed by atoms with Crippen molar-refractivity contribution in [3.05, 3.63) is 23.8 Å². The number of halogens is 3.